The van der Waals surface area contributed by atoms with Crippen LogP contribution in [-0.2, 0) is 0 Å². The Hall–Kier alpha value is -1.32. The first-order valence-electron chi connectivity index (χ1n) is 4.85. The molecule has 0 saturated heterocycles. The van der Waals surface area contributed by atoms with Crippen LogP contribution in [0.25, 0.3) is 0 Å². The number of primary amides is 1. The number of hydrogen-bond donors (Lipinski definition) is 2. The normalized spacial score (nSPS) is 22.9. The summed E-state index contributed by atoms with van der Waals surface area (Å²) in [5, 5.41) is 3.94. The van der Waals surface area contributed by atoms with E-state index in [0.717, 1.165) is 25.0 Å². The van der Waals surface area contributed by atoms with Crippen LogP contribution in [0.5, 0.6) is 0 Å². The van der Waals surface area contributed by atoms with E-state index < -0.39 is 6.03 Å². The number of nitrogens with two attached hydrogens (primary N) is 1. The molecule has 1 unspecified atom stereocenters. The fourth-order valence-corrected chi connectivity index (χ4v) is 1.58. The smallest absolute Gasteiger partial charge is 0.332 e. The predicted molar refractivity (Wildman–Crippen MR) is 56.9 cm³/mol. The Labute approximate surface area is 84.2 Å². The van der Waals surface area contributed by atoms with Gasteiger partial charge in [0.05, 0.1) is 0 Å². The lowest BCUT2D eigenvalue weighted by Gasteiger charge is -2.19. The van der Waals surface area contributed by atoms with E-state index in [1.165, 1.54) is 5.57 Å². The average Bonchev–Trinajstić information content (AvgIpc) is 2.15. The summed E-state index contributed by atoms with van der Waals surface area (Å²) in [6, 6.07) is -0.605. The van der Waals surface area contributed by atoms with E-state index in [-0.39, 0.29) is 0 Å². The van der Waals surface area contributed by atoms with E-state index in [0.29, 0.717) is 5.92 Å². The fraction of sp³-hybridized carbons (Fsp3) is 0.600. The van der Waals surface area contributed by atoms with E-state index >= 15 is 0 Å². The van der Waals surface area contributed by atoms with Gasteiger partial charge in [-0.25, -0.2) is 10.2 Å². The molecule has 2 amide bonds. The second kappa shape index (κ2) is 4.79. The maximum atomic E-state index is 10.4. The second-order valence-electron chi connectivity index (χ2n) is 3.75. The van der Waals surface area contributed by atoms with Crippen molar-refractivity contribution in [2.45, 2.75) is 33.1 Å². The van der Waals surface area contributed by atoms with Crippen LogP contribution in [-0.4, -0.2) is 11.7 Å². The number of allylic oxidation sites excluding steroid dienone is 2. The van der Waals surface area contributed by atoms with Crippen LogP contribution >= 0.6 is 0 Å². The van der Waals surface area contributed by atoms with Gasteiger partial charge in [0.15, 0.2) is 0 Å². The van der Waals surface area contributed by atoms with E-state index in [9.17, 15) is 4.79 Å². The molecular formula is C10H17N3O. The molecule has 0 aromatic heterocycles. The van der Waals surface area contributed by atoms with Gasteiger partial charge < -0.3 is 5.73 Å². The van der Waals surface area contributed by atoms with Crippen LogP contribution in [0.1, 0.15) is 33.1 Å². The van der Waals surface area contributed by atoms with Crippen molar-refractivity contribution in [3.63, 3.8) is 0 Å². The van der Waals surface area contributed by atoms with Gasteiger partial charge in [0.25, 0.3) is 0 Å². The zero-order chi connectivity index (χ0) is 10.6. The van der Waals surface area contributed by atoms with Crippen LogP contribution in [0, 0.1) is 5.92 Å². The van der Waals surface area contributed by atoms with Gasteiger partial charge in [-0.1, -0.05) is 11.6 Å². The lowest BCUT2D eigenvalue weighted by Crippen LogP contribution is -2.27. The molecule has 3 N–H and O–H groups in total. The summed E-state index contributed by atoms with van der Waals surface area (Å²) >= 11 is 0. The number of carbonyl (C=O) groups is 1. The summed E-state index contributed by atoms with van der Waals surface area (Å²) in [5.74, 6) is 0.450. The van der Waals surface area contributed by atoms with Crippen molar-refractivity contribution in [2.75, 3.05) is 0 Å². The first-order valence-corrected chi connectivity index (χ1v) is 4.85. The molecule has 14 heavy (non-hydrogen) atoms. The quantitative estimate of drug-likeness (QED) is 0.393. The molecule has 0 saturated carbocycles. The number of nitrogens with one attached hydrogen (secondary N) is 1. The van der Waals surface area contributed by atoms with E-state index in [4.69, 9.17) is 5.73 Å². The van der Waals surface area contributed by atoms with Gasteiger partial charge in [0.2, 0.25) is 0 Å². The van der Waals surface area contributed by atoms with Crippen molar-refractivity contribution in [1.82, 2.24) is 5.43 Å². The summed E-state index contributed by atoms with van der Waals surface area (Å²) in [5.41, 5.74) is 9.58. The molecular weight excluding hydrogens is 178 g/mol. The summed E-state index contributed by atoms with van der Waals surface area (Å²) < 4.78 is 0. The molecule has 0 heterocycles. The van der Waals surface area contributed by atoms with E-state index in [1.54, 1.807) is 0 Å². The maximum absolute atomic E-state index is 10.4. The highest BCUT2D eigenvalue weighted by Gasteiger charge is 2.15. The molecule has 0 aromatic rings. The van der Waals surface area contributed by atoms with Crippen molar-refractivity contribution in [3.05, 3.63) is 11.6 Å². The fourth-order valence-electron chi connectivity index (χ4n) is 1.58. The van der Waals surface area contributed by atoms with Crippen molar-refractivity contribution < 1.29 is 4.79 Å². The molecule has 0 radical (unpaired) electrons. The molecule has 78 valence electrons. The van der Waals surface area contributed by atoms with Crippen molar-refractivity contribution >= 4 is 11.7 Å². The summed E-state index contributed by atoms with van der Waals surface area (Å²) in [6.07, 6.45) is 5.48. The molecule has 1 atom stereocenters. The third-order valence-corrected chi connectivity index (χ3v) is 2.57. The highest BCUT2D eigenvalue weighted by Crippen LogP contribution is 2.23. The van der Waals surface area contributed by atoms with Gasteiger partial charge in [-0.3, -0.25) is 0 Å². The standard InChI is InChI=1S/C10H17N3O/c1-7-3-5-9(6-4-7)8(2)12-13-10(11)14/h3,9H,4-6H2,1-2H3,(H3,11,13,14). The maximum Gasteiger partial charge on any atom is 0.332 e. The van der Waals surface area contributed by atoms with Crippen LogP contribution in [0.3, 0.4) is 0 Å². The van der Waals surface area contributed by atoms with Gasteiger partial charge in [-0.15, -0.1) is 0 Å². The van der Waals surface area contributed by atoms with Crippen LogP contribution in [0.15, 0.2) is 16.8 Å². The number of carbonyl (C=O) groups excluding carboxylic acids is 1. The first-order chi connectivity index (χ1) is 6.59. The molecule has 0 fully saturated rings. The molecule has 0 aliphatic heterocycles. The highest BCUT2D eigenvalue weighted by atomic mass is 16.2. The molecule has 1 aliphatic rings. The van der Waals surface area contributed by atoms with Gasteiger partial charge >= 0.3 is 6.03 Å². The van der Waals surface area contributed by atoms with Gasteiger partial charge in [0.1, 0.15) is 0 Å². The summed E-state index contributed by atoms with van der Waals surface area (Å²) in [7, 11) is 0. The Morgan fingerprint density at radius 2 is 2.43 bits per heavy atom. The minimum Gasteiger partial charge on any atom is -0.350 e. The molecule has 1 aliphatic carbocycles. The van der Waals surface area contributed by atoms with Gasteiger partial charge in [-0.05, 0) is 33.1 Å². The van der Waals surface area contributed by atoms with E-state index in [1.807, 2.05) is 6.92 Å². The number of urea groups is 1. The monoisotopic (exact) mass is 195 g/mol. The minimum absolute atomic E-state index is 0.450. The summed E-state index contributed by atoms with van der Waals surface area (Å²) in [4.78, 5) is 10.4. The Morgan fingerprint density at radius 1 is 1.71 bits per heavy atom. The Balaban J connectivity index is 2.49. The topological polar surface area (TPSA) is 67.5 Å². The number of amides is 2. The zero-order valence-electron chi connectivity index (χ0n) is 8.71. The van der Waals surface area contributed by atoms with Crippen LogP contribution < -0.4 is 11.2 Å². The molecule has 0 aromatic carbocycles. The summed E-state index contributed by atoms with van der Waals surface area (Å²) in [6.45, 7) is 4.07. The second-order valence-corrected chi connectivity index (χ2v) is 3.75. The largest absolute Gasteiger partial charge is 0.350 e. The number of hydrazone groups is 1. The Morgan fingerprint density at radius 3 is 2.93 bits per heavy atom. The van der Waals surface area contributed by atoms with Crippen LogP contribution in [0.2, 0.25) is 0 Å². The Kier molecular flexibility index (Phi) is 3.68. The molecule has 4 nitrogen and oxygen atoms in total. The molecule has 0 spiro atoms. The molecule has 4 heteroatoms. The minimum atomic E-state index is -0.605. The van der Waals surface area contributed by atoms with Crippen molar-refractivity contribution in [2.24, 2.45) is 16.8 Å². The lowest BCUT2D eigenvalue weighted by molar-refractivity contribution is 0.249. The average molecular weight is 195 g/mol. The first kappa shape index (κ1) is 10.8. The lowest BCUT2D eigenvalue weighted by atomic mass is 9.87. The third-order valence-electron chi connectivity index (χ3n) is 2.57. The van der Waals surface area contributed by atoms with Crippen molar-refractivity contribution in [3.8, 4) is 0 Å². The van der Waals surface area contributed by atoms with E-state index in [2.05, 4.69) is 23.5 Å². The number of nitrogens with zero attached hydrogens (tertiary/aromatic N) is 1. The SMILES string of the molecule is CC1=CCC(C(C)=NNC(N)=O)CC1. The van der Waals surface area contributed by atoms with Gasteiger partial charge in [-0.2, -0.15) is 5.10 Å². The number of hydrogen-bond acceptors (Lipinski definition) is 2. The van der Waals surface area contributed by atoms with Gasteiger partial charge in [0, 0.05) is 11.6 Å². The van der Waals surface area contributed by atoms with Crippen molar-refractivity contribution in [1.29, 1.82) is 0 Å². The zero-order valence-corrected chi connectivity index (χ0v) is 8.71. The third kappa shape index (κ3) is 3.20. The number of rotatable bonds is 2. The molecule has 0 bridgehead atoms. The van der Waals surface area contributed by atoms with Crippen LogP contribution in [0.4, 0.5) is 4.79 Å². The Bertz CT molecular complexity index is 281. The highest BCUT2D eigenvalue weighted by molar-refractivity contribution is 5.86. The predicted octanol–water partition coefficient (Wildman–Crippen LogP) is 1.78. The molecule has 1 rings (SSSR count).